The third kappa shape index (κ3) is 3.88. The maximum atomic E-state index is 13.1. The number of H-pyrrole nitrogens is 1. The Morgan fingerprint density at radius 1 is 1.07 bits per heavy atom. The number of nitrogens with one attached hydrogen (secondary N) is 1. The molecule has 6 heterocycles. The molecule has 11 heteroatoms. The van der Waals surface area contributed by atoms with Crippen LogP contribution in [0.15, 0.2) is 61.2 Å². The van der Waals surface area contributed by atoms with Gasteiger partial charge in [0.2, 0.25) is 5.82 Å². The molecule has 5 aromatic rings. The summed E-state index contributed by atoms with van der Waals surface area (Å²) in [4.78, 5) is 27.7. The van der Waals surface area contributed by atoms with Crippen LogP contribution in [0.5, 0.6) is 0 Å². The highest BCUT2D eigenvalue weighted by Crippen LogP contribution is 2.45. The first-order valence-corrected chi connectivity index (χ1v) is 13.4. The molecule has 2 bridgehead atoms. The van der Waals surface area contributed by atoms with E-state index in [0.717, 1.165) is 53.8 Å². The van der Waals surface area contributed by atoms with Crippen LogP contribution in [-0.2, 0) is 6.42 Å². The Balaban J connectivity index is 1.25. The third-order valence-corrected chi connectivity index (χ3v) is 8.19. The van der Waals surface area contributed by atoms with Crippen LogP contribution in [0.3, 0.4) is 0 Å². The molecule has 11 nitrogen and oxygen atoms in total. The standard InChI is InChI=1S/C29H26N10O/c30-11-10-22-25(19-12-20-7-8-21(13-19)38(20)29(40)27-33-16-34-37-27)36-28-23(15-35-39(28)26(22)31)18-6-9-24(32-14-18)17-4-2-1-3-5-17/h1-6,9,14-16,19-21H,7-8,10,12-13,31H2,(H,33,34,37)/t19-,20+,21-. The number of anilines is 1. The minimum atomic E-state index is -0.117. The minimum Gasteiger partial charge on any atom is -0.383 e. The zero-order valence-electron chi connectivity index (χ0n) is 21.6. The number of carbonyl (C=O) groups is 1. The average Bonchev–Trinajstić information content (AvgIpc) is 3.73. The van der Waals surface area contributed by atoms with Crippen molar-refractivity contribution in [2.24, 2.45) is 0 Å². The van der Waals surface area contributed by atoms with Crippen LogP contribution in [0.1, 0.15) is 53.5 Å². The molecule has 3 N–H and O–H groups in total. The van der Waals surface area contributed by atoms with E-state index < -0.39 is 0 Å². The molecule has 2 fully saturated rings. The van der Waals surface area contributed by atoms with E-state index >= 15 is 0 Å². The number of hydrogen-bond donors (Lipinski definition) is 2. The lowest BCUT2D eigenvalue weighted by Crippen LogP contribution is -2.46. The van der Waals surface area contributed by atoms with Gasteiger partial charge in [-0.3, -0.25) is 9.78 Å². The largest absolute Gasteiger partial charge is 0.383 e. The number of benzene rings is 1. The SMILES string of the molecule is N#CCc1c([C@H]2C[C@H]3CC[C@@H](C2)N3C(=O)c2nnc[nH]2)nc2c(-c3ccc(-c4ccccc4)nc3)cnn2c1N. The first-order chi connectivity index (χ1) is 19.6. The second-order valence-corrected chi connectivity index (χ2v) is 10.4. The number of rotatable bonds is 5. The number of aromatic nitrogens is 7. The van der Waals surface area contributed by atoms with E-state index in [1.807, 2.05) is 53.6 Å². The molecule has 7 rings (SSSR count). The van der Waals surface area contributed by atoms with Crippen LogP contribution in [0.25, 0.3) is 28.0 Å². The molecule has 198 valence electrons. The summed E-state index contributed by atoms with van der Waals surface area (Å²) in [6, 6.07) is 16.4. The number of fused-ring (bicyclic) bond motifs is 3. The molecule has 0 unspecified atom stereocenters. The third-order valence-electron chi connectivity index (χ3n) is 8.19. The monoisotopic (exact) mass is 530 g/mol. The Labute approximate surface area is 229 Å². The van der Waals surface area contributed by atoms with Gasteiger partial charge in [0, 0.05) is 46.5 Å². The minimum absolute atomic E-state index is 0.0632. The van der Waals surface area contributed by atoms with Gasteiger partial charge in [0.05, 0.1) is 30.1 Å². The van der Waals surface area contributed by atoms with Gasteiger partial charge in [0.15, 0.2) is 5.65 Å². The Kier molecular flexibility index (Phi) is 5.73. The number of aromatic amines is 1. The number of nitrogens with zero attached hydrogens (tertiary/aromatic N) is 8. The lowest BCUT2D eigenvalue weighted by molar-refractivity contribution is 0.0557. The highest BCUT2D eigenvalue weighted by Gasteiger charge is 2.45. The highest BCUT2D eigenvalue weighted by atomic mass is 16.2. The summed E-state index contributed by atoms with van der Waals surface area (Å²) in [6.07, 6.45) is 8.47. The first-order valence-electron chi connectivity index (χ1n) is 13.4. The molecule has 40 heavy (non-hydrogen) atoms. The van der Waals surface area contributed by atoms with Gasteiger partial charge in [0.25, 0.3) is 5.91 Å². The van der Waals surface area contributed by atoms with Crippen LogP contribution < -0.4 is 5.73 Å². The number of pyridine rings is 1. The summed E-state index contributed by atoms with van der Waals surface area (Å²) in [5.41, 5.74) is 12.4. The van der Waals surface area contributed by atoms with Crippen molar-refractivity contribution in [1.82, 2.24) is 39.7 Å². The second kappa shape index (κ2) is 9.57. The topological polar surface area (TPSA) is 155 Å². The van der Waals surface area contributed by atoms with Crippen LogP contribution in [0, 0.1) is 11.3 Å². The number of nitrogens with two attached hydrogens (primary N) is 1. The summed E-state index contributed by atoms with van der Waals surface area (Å²) in [5, 5.41) is 21.9. The summed E-state index contributed by atoms with van der Waals surface area (Å²) in [6.45, 7) is 0. The van der Waals surface area contributed by atoms with Crippen molar-refractivity contribution in [3.8, 4) is 28.5 Å². The fourth-order valence-corrected chi connectivity index (χ4v) is 6.37. The molecular weight excluding hydrogens is 504 g/mol. The molecule has 2 aliphatic heterocycles. The predicted octanol–water partition coefficient (Wildman–Crippen LogP) is 3.78. The van der Waals surface area contributed by atoms with Gasteiger partial charge in [-0.2, -0.15) is 14.9 Å². The number of amides is 1. The Bertz CT molecular complexity index is 1720. The smallest absolute Gasteiger partial charge is 0.292 e. The zero-order chi connectivity index (χ0) is 27.2. The molecule has 0 radical (unpaired) electrons. The number of nitrogen functional groups attached to an aromatic ring is 1. The maximum Gasteiger partial charge on any atom is 0.292 e. The summed E-state index contributed by atoms with van der Waals surface area (Å²) in [7, 11) is 0. The van der Waals surface area contributed by atoms with E-state index in [4.69, 9.17) is 10.7 Å². The normalized spacial score (nSPS) is 20.1. The molecule has 1 amide bonds. The van der Waals surface area contributed by atoms with Crippen LogP contribution >= 0.6 is 0 Å². The number of piperidine rings is 1. The van der Waals surface area contributed by atoms with E-state index in [-0.39, 0.29) is 36.2 Å². The van der Waals surface area contributed by atoms with Gasteiger partial charge in [-0.05, 0) is 31.7 Å². The number of hydrogen-bond acceptors (Lipinski definition) is 8. The van der Waals surface area contributed by atoms with Crippen LogP contribution in [0.2, 0.25) is 0 Å². The van der Waals surface area contributed by atoms with E-state index in [0.29, 0.717) is 17.0 Å². The van der Waals surface area contributed by atoms with Crippen molar-refractivity contribution < 1.29 is 4.79 Å². The van der Waals surface area contributed by atoms with Gasteiger partial charge < -0.3 is 15.6 Å². The van der Waals surface area contributed by atoms with E-state index in [1.165, 1.54) is 6.33 Å². The van der Waals surface area contributed by atoms with Crippen LogP contribution in [-0.4, -0.2) is 57.7 Å². The summed E-state index contributed by atoms with van der Waals surface area (Å²) < 4.78 is 1.62. The molecule has 1 aromatic carbocycles. The van der Waals surface area contributed by atoms with Crippen molar-refractivity contribution in [2.45, 2.75) is 50.1 Å². The van der Waals surface area contributed by atoms with Crippen molar-refractivity contribution in [3.63, 3.8) is 0 Å². The highest BCUT2D eigenvalue weighted by molar-refractivity contribution is 5.91. The lowest BCUT2D eigenvalue weighted by atomic mass is 9.85. The fourth-order valence-electron chi connectivity index (χ4n) is 6.37. The van der Waals surface area contributed by atoms with Crippen molar-refractivity contribution >= 4 is 17.4 Å². The molecule has 4 aromatic heterocycles. The maximum absolute atomic E-state index is 13.1. The molecule has 3 atom stereocenters. The lowest BCUT2D eigenvalue weighted by Gasteiger charge is -2.38. The molecule has 0 spiro atoms. The average molecular weight is 531 g/mol. The summed E-state index contributed by atoms with van der Waals surface area (Å²) in [5.74, 6) is 0.635. The van der Waals surface area contributed by atoms with Gasteiger partial charge in [-0.15, -0.1) is 10.2 Å². The van der Waals surface area contributed by atoms with Crippen molar-refractivity contribution in [2.75, 3.05) is 5.73 Å². The fraction of sp³-hybridized carbons (Fsp3) is 0.276. The predicted molar refractivity (Wildman–Crippen MR) is 147 cm³/mol. The van der Waals surface area contributed by atoms with Crippen LogP contribution in [0.4, 0.5) is 5.82 Å². The number of nitriles is 1. The quantitative estimate of drug-likeness (QED) is 0.348. The van der Waals surface area contributed by atoms with Gasteiger partial charge >= 0.3 is 0 Å². The number of carbonyl (C=O) groups excluding carboxylic acids is 1. The molecule has 0 aliphatic carbocycles. The van der Waals surface area contributed by atoms with E-state index in [2.05, 4.69) is 31.3 Å². The molecule has 0 saturated carbocycles. The molecule has 2 saturated heterocycles. The molecular formula is C29H26N10O. The summed E-state index contributed by atoms with van der Waals surface area (Å²) >= 11 is 0. The Morgan fingerprint density at radius 3 is 2.55 bits per heavy atom. The molecule has 2 aliphatic rings. The van der Waals surface area contributed by atoms with Gasteiger partial charge in [-0.1, -0.05) is 36.4 Å². The van der Waals surface area contributed by atoms with Gasteiger partial charge in [0.1, 0.15) is 12.1 Å². The van der Waals surface area contributed by atoms with E-state index in [9.17, 15) is 10.1 Å². The van der Waals surface area contributed by atoms with E-state index in [1.54, 1.807) is 10.7 Å². The van der Waals surface area contributed by atoms with Gasteiger partial charge in [-0.25, -0.2) is 4.98 Å². The van der Waals surface area contributed by atoms with Crippen molar-refractivity contribution in [3.05, 3.63) is 78.3 Å². The second-order valence-electron chi connectivity index (χ2n) is 10.4. The van der Waals surface area contributed by atoms with Crippen molar-refractivity contribution in [1.29, 1.82) is 5.26 Å². The Morgan fingerprint density at radius 2 is 1.88 bits per heavy atom. The first kappa shape index (κ1) is 24.0. The Hall–Kier alpha value is -5.11. The zero-order valence-corrected chi connectivity index (χ0v) is 21.6.